The van der Waals surface area contributed by atoms with Crippen LogP contribution in [-0.2, 0) is 4.79 Å². The molecule has 8 nitrogen and oxygen atoms in total. The Hall–Kier alpha value is -3.81. The molecule has 3 aromatic rings. The number of Topliss-reactive ketones (excluding diaryl/α,β-unsaturated/α-hetero) is 1. The van der Waals surface area contributed by atoms with Gasteiger partial charge in [0.15, 0.2) is 11.5 Å². The molecule has 0 aliphatic rings. The van der Waals surface area contributed by atoms with Gasteiger partial charge in [-0.25, -0.2) is 5.10 Å². The summed E-state index contributed by atoms with van der Waals surface area (Å²) in [5, 5.41) is 6.67. The zero-order chi connectivity index (χ0) is 19.2. The Morgan fingerprint density at radius 3 is 2.26 bits per heavy atom. The lowest BCUT2D eigenvalue weighted by atomic mass is 10.1. The van der Waals surface area contributed by atoms with Crippen molar-refractivity contribution in [1.29, 1.82) is 0 Å². The van der Waals surface area contributed by atoms with Gasteiger partial charge < -0.3 is 0 Å². The van der Waals surface area contributed by atoms with Gasteiger partial charge in [0.05, 0.1) is 5.39 Å². The lowest BCUT2D eigenvalue weighted by Gasteiger charge is -2.08. The molecule has 0 aliphatic carbocycles. The second kappa shape index (κ2) is 8.05. The van der Waals surface area contributed by atoms with Crippen LogP contribution in [0.5, 0.6) is 0 Å². The van der Waals surface area contributed by atoms with Crippen molar-refractivity contribution in [2.45, 2.75) is 12.8 Å². The van der Waals surface area contributed by atoms with Crippen LogP contribution in [0.25, 0.3) is 10.8 Å². The van der Waals surface area contributed by atoms with E-state index in [2.05, 4.69) is 21.0 Å². The molecule has 2 amide bonds. The van der Waals surface area contributed by atoms with Gasteiger partial charge in [-0.3, -0.25) is 30.0 Å². The van der Waals surface area contributed by atoms with E-state index in [1.165, 1.54) is 0 Å². The number of H-pyrrole nitrogens is 1. The first-order valence-corrected chi connectivity index (χ1v) is 8.21. The van der Waals surface area contributed by atoms with E-state index >= 15 is 0 Å². The highest BCUT2D eigenvalue weighted by Gasteiger charge is 2.15. The van der Waals surface area contributed by atoms with Crippen LogP contribution in [0.15, 0.2) is 59.4 Å². The number of aromatic nitrogens is 2. The summed E-state index contributed by atoms with van der Waals surface area (Å²) in [6.07, 6.45) is -0.0562. The minimum absolute atomic E-state index is 0.0194. The third kappa shape index (κ3) is 4.24. The molecule has 0 aliphatic heterocycles. The molecule has 0 spiro atoms. The average Bonchev–Trinajstić information content (AvgIpc) is 2.71. The molecule has 2 aromatic carbocycles. The monoisotopic (exact) mass is 364 g/mol. The molecule has 3 N–H and O–H groups in total. The smallest absolute Gasteiger partial charge is 0.290 e. The van der Waals surface area contributed by atoms with E-state index < -0.39 is 17.4 Å². The lowest BCUT2D eigenvalue weighted by Crippen LogP contribution is -2.42. The molecule has 0 saturated carbocycles. The van der Waals surface area contributed by atoms with Crippen LogP contribution in [-0.4, -0.2) is 27.8 Å². The molecule has 0 saturated heterocycles. The van der Waals surface area contributed by atoms with Crippen molar-refractivity contribution in [2.24, 2.45) is 0 Å². The largest absolute Gasteiger partial charge is 0.294 e. The predicted molar refractivity (Wildman–Crippen MR) is 98.0 cm³/mol. The molecular formula is C19H16N4O4. The summed E-state index contributed by atoms with van der Waals surface area (Å²) in [6, 6.07) is 15.1. The number of ketones is 1. The molecule has 1 aromatic heterocycles. The predicted octanol–water partition coefficient (Wildman–Crippen LogP) is 1.35. The van der Waals surface area contributed by atoms with Crippen LogP contribution in [0.2, 0.25) is 0 Å². The zero-order valence-electron chi connectivity index (χ0n) is 14.2. The van der Waals surface area contributed by atoms with Crippen molar-refractivity contribution in [2.75, 3.05) is 0 Å². The lowest BCUT2D eigenvalue weighted by molar-refractivity contribution is -0.121. The molecule has 3 rings (SSSR count). The van der Waals surface area contributed by atoms with Crippen molar-refractivity contribution < 1.29 is 14.4 Å². The average molecular weight is 364 g/mol. The van der Waals surface area contributed by atoms with Gasteiger partial charge >= 0.3 is 0 Å². The van der Waals surface area contributed by atoms with Crippen LogP contribution >= 0.6 is 0 Å². The Balaban J connectivity index is 1.58. The number of hydrogen-bond acceptors (Lipinski definition) is 5. The molecule has 1 heterocycles. The normalized spacial score (nSPS) is 10.4. The van der Waals surface area contributed by atoms with E-state index in [1.807, 2.05) is 0 Å². The summed E-state index contributed by atoms with van der Waals surface area (Å²) in [6.45, 7) is 0. The van der Waals surface area contributed by atoms with Crippen molar-refractivity contribution in [1.82, 2.24) is 21.0 Å². The van der Waals surface area contributed by atoms with Crippen LogP contribution in [0.1, 0.15) is 33.7 Å². The molecule has 0 atom stereocenters. The number of nitrogens with zero attached hydrogens (tertiary/aromatic N) is 1. The Morgan fingerprint density at radius 2 is 1.52 bits per heavy atom. The number of carbonyl (C=O) groups is 3. The van der Waals surface area contributed by atoms with Gasteiger partial charge in [-0.1, -0.05) is 48.5 Å². The van der Waals surface area contributed by atoms with Gasteiger partial charge in [-0.15, -0.1) is 0 Å². The fraction of sp³-hybridized carbons (Fsp3) is 0.105. The van der Waals surface area contributed by atoms with E-state index in [0.717, 1.165) is 0 Å². The zero-order valence-corrected chi connectivity index (χ0v) is 14.2. The fourth-order valence-corrected chi connectivity index (χ4v) is 2.53. The minimum atomic E-state index is -0.676. The Bertz CT molecular complexity index is 1060. The van der Waals surface area contributed by atoms with Gasteiger partial charge in [-0.05, 0) is 6.07 Å². The molecule has 27 heavy (non-hydrogen) atoms. The maximum absolute atomic E-state index is 12.3. The van der Waals surface area contributed by atoms with Gasteiger partial charge in [-0.2, -0.15) is 5.10 Å². The number of benzene rings is 2. The Labute approximate surface area is 153 Å². The topological polar surface area (TPSA) is 121 Å². The highest BCUT2D eigenvalue weighted by atomic mass is 16.2. The number of carbonyl (C=O) groups excluding carboxylic acids is 3. The Kier molecular flexibility index (Phi) is 5.36. The van der Waals surface area contributed by atoms with Crippen LogP contribution in [0, 0.1) is 0 Å². The first kappa shape index (κ1) is 18.0. The van der Waals surface area contributed by atoms with Crippen LogP contribution in [0.3, 0.4) is 0 Å². The number of rotatable bonds is 5. The van der Waals surface area contributed by atoms with Gasteiger partial charge in [0, 0.05) is 23.8 Å². The number of amides is 2. The first-order chi connectivity index (χ1) is 13.1. The SMILES string of the molecule is O=C(CCC(=O)c1ccccc1)NNC(=O)c1n[nH]c(=O)c2ccccc12. The summed E-state index contributed by atoms with van der Waals surface area (Å²) < 4.78 is 0. The molecule has 8 heteroatoms. The summed E-state index contributed by atoms with van der Waals surface area (Å²) >= 11 is 0. The highest BCUT2D eigenvalue weighted by Crippen LogP contribution is 2.11. The standard InChI is InChI=1S/C19H16N4O4/c24-15(12-6-2-1-3-7-12)10-11-16(25)20-23-19(27)17-13-8-4-5-9-14(13)18(26)22-21-17/h1-9H,10-11H2,(H,20,25)(H,22,26)(H,23,27). The van der Waals surface area contributed by atoms with Crippen LogP contribution in [0.4, 0.5) is 0 Å². The van der Waals surface area contributed by atoms with Gasteiger partial charge in [0.25, 0.3) is 11.5 Å². The van der Waals surface area contributed by atoms with E-state index in [0.29, 0.717) is 16.3 Å². The number of aromatic amines is 1. The van der Waals surface area contributed by atoms with Crippen molar-refractivity contribution >= 4 is 28.4 Å². The van der Waals surface area contributed by atoms with Gasteiger partial charge in [0.1, 0.15) is 0 Å². The fourth-order valence-electron chi connectivity index (χ4n) is 2.53. The molecule has 0 fully saturated rings. The molecule has 136 valence electrons. The van der Waals surface area contributed by atoms with E-state index in [-0.39, 0.29) is 24.3 Å². The molecular weight excluding hydrogens is 348 g/mol. The number of nitrogens with one attached hydrogen (secondary N) is 3. The molecule has 0 bridgehead atoms. The third-order valence-electron chi connectivity index (χ3n) is 3.90. The van der Waals surface area contributed by atoms with Crippen molar-refractivity contribution in [3.05, 3.63) is 76.2 Å². The maximum Gasteiger partial charge on any atom is 0.290 e. The number of hydrogen-bond donors (Lipinski definition) is 3. The second-order valence-electron chi connectivity index (χ2n) is 5.74. The van der Waals surface area contributed by atoms with E-state index in [9.17, 15) is 19.2 Å². The highest BCUT2D eigenvalue weighted by molar-refractivity contribution is 6.05. The summed E-state index contributed by atoms with van der Waals surface area (Å²) in [5.41, 5.74) is 4.58. The second-order valence-corrected chi connectivity index (χ2v) is 5.74. The quantitative estimate of drug-likeness (QED) is 0.466. The molecule has 0 radical (unpaired) electrons. The Morgan fingerprint density at radius 1 is 0.852 bits per heavy atom. The summed E-state index contributed by atoms with van der Waals surface area (Å²) in [7, 11) is 0. The number of fused-ring (bicyclic) bond motifs is 1. The van der Waals surface area contributed by atoms with Crippen molar-refractivity contribution in [3.8, 4) is 0 Å². The van der Waals surface area contributed by atoms with Gasteiger partial charge in [0.2, 0.25) is 5.91 Å². The first-order valence-electron chi connectivity index (χ1n) is 8.21. The summed E-state index contributed by atoms with van der Waals surface area (Å²) in [4.78, 5) is 47.8. The van der Waals surface area contributed by atoms with E-state index in [4.69, 9.17) is 0 Å². The number of hydrazine groups is 1. The minimum Gasteiger partial charge on any atom is -0.294 e. The molecule has 0 unspecified atom stereocenters. The van der Waals surface area contributed by atoms with Crippen LogP contribution < -0.4 is 16.4 Å². The third-order valence-corrected chi connectivity index (χ3v) is 3.90. The maximum atomic E-state index is 12.3. The van der Waals surface area contributed by atoms with E-state index in [1.54, 1.807) is 54.6 Å². The van der Waals surface area contributed by atoms with Crippen molar-refractivity contribution in [3.63, 3.8) is 0 Å². The summed E-state index contributed by atoms with van der Waals surface area (Å²) in [5.74, 6) is -1.35.